The molecule has 1 amide bonds. The van der Waals surface area contributed by atoms with Crippen LogP contribution in [0.3, 0.4) is 0 Å². The third kappa shape index (κ3) is 3.44. The highest BCUT2D eigenvalue weighted by Crippen LogP contribution is 2.33. The summed E-state index contributed by atoms with van der Waals surface area (Å²) in [5.74, 6) is 0.296. The van der Waals surface area contributed by atoms with E-state index in [-0.39, 0.29) is 11.7 Å². The molecule has 3 heterocycles. The summed E-state index contributed by atoms with van der Waals surface area (Å²) in [6, 6.07) is 17.5. The summed E-state index contributed by atoms with van der Waals surface area (Å²) in [6.07, 6.45) is -0.628. The van der Waals surface area contributed by atoms with Crippen LogP contribution in [0.1, 0.15) is 17.5 Å². The first-order valence-corrected chi connectivity index (χ1v) is 10.9. The lowest BCUT2D eigenvalue weighted by molar-refractivity contribution is -0.116. The summed E-state index contributed by atoms with van der Waals surface area (Å²) >= 11 is 4.56. The Morgan fingerprint density at radius 2 is 1.93 bits per heavy atom. The maximum Gasteiger partial charge on any atom is 0.276 e. The first kappa shape index (κ1) is 19.1. The second-order valence-corrected chi connectivity index (χ2v) is 8.34. The molecule has 5 rings (SSSR count). The van der Waals surface area contributed by atoms with E-state index >= 15 is 0 Å². The first-order chi connectivity index (χ1) is 14.6. The second kappa shape index (κ2) is 7.73. The van der Waals surface area contributed by atoms with Gasteiger partial charge in [-0.15, -0.1) is 5.10 Å². The maximum absolute atomic E-state index is 14.0. The number of hydrogen-bond donors (Lipinski definition) is 1. The van der Waals surface area contributed by atoms with Crippen LogP contribution in [0, 0.1) is 5.82 Å². The van der Waals surface area contributed by atoms with E-state index in [1.165, 1.54) is 17.8 Å². The Morgan fingerprint density at radius 3 is 2.73 bits per heavy atom. The zero-order chi connectivity index (χ0) is 20.7. The van der Waals surface area contributed by atoms with Gasteiger partial charge in [-0.25, -0.2) is 14.4 Å². The molecule has 0 radical (unpaired) electrons. The van der Waals surface area contributed by atoms with E-state index in [1.807, 2.05) is 24.3 Å². The van der Waals surface area contributed by atoms with E-state index in [2.05, 4.69) is 26.3 Å². The SMILES string of the molecule is O=C1NC(SCc2ccccc2F)=NN2C1=c1ccccc1=NC2c1ccc(Br)o1. The van der Waals surface area contributed by atoms with Gasteiger partial charge in [0.2, 0.25) is 6.17 Å². The van der Waals surface area contributed by atoms with E-state index in [0.29, 0.717) is 43.2 Å². The molecule has 2 aromatic carbocycles. The second-order valence-electron chi connectivity index (χ2n) is 6.59. The van der Waals surface area contributed by atoms with Gasteiger partial charge >= 0.3 is 0 Å². The monoisotopic (exact) mass is 484 g/mol. The molecular formula is C21H14BrFN4O2S. The quantitative estimate of drug-likeness (QED) is 0.619. The molecule has 1 atom stereocenters. The molecule has 0 bridgehead atoms. The molecule has 0 fully saturated rings. The topological polar surface area (TPSA) is 70.2 Å². The van der Waals surface area contributed by atoms with Gasteiger partial charge in [-0.05, 0) is 45.8 Å². The third-order valence-electron chi connectivity index (χ3n) is 4.69. The van der Waals surface area contributed by atoms with Crippen LogP contribution in [0.4, 0.5) is 4.39 Å². The summed E-state index contributed by atoms with van der Waals surface area (Å²) in [5, 5.41) is 10.8. The van der Waals surface area contributed by atoms with Crippen LogP contribution in [-0.2, 0) is 10.5 Å². The molecule has 30 heavy (non-hydrogen) atoms. The number of furan rings is 1. The summed E-state index contributed by atoms with van der Waals surface area (Å²) in [6.45, 7) is 0. The van der Waals surface area contributed by atoms with Crippen molar-refractivity contribution in [2.45, 2.75) is 11.9 Å². The van der Waals surface area contributed by atoms with Crippen molar-refractivity contribution in [3.8, 4) is 0 Å². The summed E-state index contributed by atoms with van der Waals surface area (Å²) in [4.78, 5) is 17.8. The summed E-state index contributed by atoms with van der Waals surface area (Å²) in [7, 11) is 0. The number of amidine groups is 1. The number of nitrogens with zero attached hydrogens (tertiary/aromatic N) is 3. The van der Waals surface area contributed by atoms with Crippen LogP contribution in [0.2, 0.25) is 0 Å². The van der Waals surface area contributed by atoms with Crippen molar-refractivity contribution in [1.29, 1.82) is 0 Å². The predicted octanol–water partition coefficient (Wildman–Crippen LogP) is 3.26. The number of hydrazone groups is 1. The Labute approximate surface area is 183 Å². The lowest BCUT2D eigenvalue weighted by atomic mass is 10.1. The van der Waals surface area contributed by atoms with E-state index in [4.69, 9.17) is 9.41 Å². The zero-order valence-corrected chi connectivity index (χ0v) is 17.8. The minimum atomic E-state index is -0.628. The average molecular weight is 485 g/mol. The molecule has 1 aromatic heterocycles. The first-order valence-electron chi connectivity index (χ1n) is 9.08. The molecule has 0 saturated heterocycles. The lowest BCUT2D eigenvalue weighted by Gasteiger charge is -2.32. The normalized spacial score (nSPS) is 17.6. The van der Waals surface area contributed by atoms with Crippen LogP contribution in [0.15, 0.2) is 79.8 Å². The van der Waals surface area contributed by atoms with Gasteiger partial charge in [0.1, 0.15) is 11.5 Å². The number of carbonyl (C=O) groups excluding carboxylic acids is 1. The molecule has 0 aliphatic carbocycles. The number of para-hydroxylation sites is 1. The highest BCUT2D eigenvalue weighted by Gasteiger charge is 2.35. The van der Waals surface area contributed by atoms with Gasteiger partial charge in [0.25, 0.3) is 5.91 Å². The van der Waals surface area contributed by atoms with Gasteiger partial charge < -0.3 is 4.42 Å². The van der Waals surface area contributed by atoms with Crippen molar-refractivity contribution < 1.29 is 13.6 Å². The van der Waals surface area contributed by atoms with Gasteiger partial charge in [0.15, 0.2) is 15.6 Å². The van der Waals surface area contributed by atoms with Crippen molar-refractivity contribution in [2.75, 3.05) is 0 Å². The van der Waals surface area contributed by atoms with Crippen molar-refractivity contribution in [1.82, 2.24) is 10.3 Å². The minimum Gasteiger partial charge on any atom is -0.450 e. The van der Waals surface area contributed by atoms with E-state index in [9.17, 15) is 9.18 Å². The number of rotatable bonds is 3. The number of nitrogens with one attached hydrogen (secondary N) is 1. The number of carbonyl (C=O) groups is 1. The van der Waals surface area contributed by atoms with Crippen molar-refractivity contribution >= 4 is 44.5 Å². The zero-order valence-electron chi connectivity index (χ0n) is 15.4. The number of hydrogen-bond acceptors (Lipinski definition) is 6. The van der Waals surface area contributed by atoms with Crippen molar-refractivity contribution in [3.63, 3.8) is 0 Å². The van der Waals surface area contributed by atoms with Gasteiger partial charge in [0, 0.05) is 11.0 Å². The molecule has 2 aliphatic rings. The molecule has 150 valence electrons. The number of halogens is 2. The Balaban J connectivity index is 1.56. The Morgan fingerprint density at radius 1 is 1.13 bits per heavy atom. The van der Waals surface area contributed by atoms with Crippen LogP contribution in [0.25, 0.3) is 5.70 Å². The molecule has 0 spiro atoms. The summed E-state index contributed by atoms with van der Waals surface area (Å²) in [5.41, 5.74) is 0.933. The molecule has 9 heteroatoms. The fourth-order valence-corrected chi connectivity index (χ4v) is 4.46. The van der Waals surface area contributed by atoms with Gasteiger partial charge in [-0.2, -0.15) is 0 Å². The van der Waals surface area contributed by atoms with Crippen LogP contribution in [0.5, 0.6) is 0 Å². The third-order valence-corrected chi connectivity index (χ3v) is 6.02. The molecule has 3 aromatic rings. The van der Waals surface area contributed by atoms with E-state index in [1.54, 1.807) is 35.3 Å². The van der Waals surface area contributed by atoms with Gasteiger partial charge in [-0.1, -0.05) is 48.2 Å². The summed E-state index contributed by atoms with van der Waals surface area (Å²) < 4.78 is 20.2. The highest BCUT2D eigenvalue weighted by atomic mass is 79.9. The lowest BCUT2D eigenvalue weighted by Crippen LogP contribution is -2.50. The molecule has 0 saturated carbocycles. The molecule has 6 nitrogen and oxygen atoms in total. The van der Waals surface area contributed by atoms with Crippen LogP contribution in [-0.4, -0.2) is 16.1 Å². The number of thioether (sulfide) groups is 1. The van der Waals surface area contributed by atoms with Crippen LogP contribution < -0.4 is 15.9 Å². The van der Waals surface area contributed by atoms with Gasteiger partial charge in [-0.3, -0.25) is 10.1 Å². The predicted molar refractivity (Wildman–Crippen MR) is 115 cm³/mol. The van der Waals surface area contributed by atoms with Crippen molar-refractivity contribution in [3.05, 3.63) is 93.0 Å². The Kier molecular flexibility index (Phi) is 4.92. The van der Waals surface area contributed by atoms with E-state index < -0.39 is 6.17 Å². The Hall–Kier alpha value is -2.91. The molecular weight excluding hydrogens is 471 g/mol. The standard InChI is InChI=1S/C21H14BrFN4O2S/c22-17-10-9-16(29-17)19-24-15-8-4-2-6-13(15)18-20(28)25-21(26-27(18)19)30-11-12-5-1-3-7-14(12)23/h1-10,19H,11H2,(H,25,26,28). The van der Waals surface area contributed by atoms with E-state index in [0.717, 1.165) is 0 Å². The van der Waals surface area contributed by atoms with Crippen LogP contribution >= 0.6 is 27.7 Å². The number of benzene rings is 2. The Bertz CT molecular complexity index is 1310. The minimum absolute atomic E-state index is 0.291. The average Bonchev–Trinajstić information content (AvgIpc) is 3.18. The maximum atomic E-state index is 14.0. The highest BCUT2D eigenvalue weighted by molar-refractivity contribution is 9.10. The number of fused-ring (bicyclic) bond motifs is 2. The van der Waals surface area contributed by atoms with Gasteiger partial charge in [0.05, 0.1) is 5.36 Å². The largest absolute Gasteiger partial charge is 0.450 e. The molecule has 2 aliphatic heterocycles. The number of amides is 1. The van der Waals surface area contributed by atoms with Crippen molar-refractivity contribution in [2.24, 2.45) is 10.1 Å². The molecule has 1 unspecified atom stereocenters. The fourth-order valence-electron chi connectivity index (χ4n) is 3.31. The smallest absolute Gasteiger partial charge is 0.276 e. The fraction of sp³-hybridized carbons (Fsp3) is 0.0952. The molecule has 1 N–H and O–H groups in total.